The van der Waals surface area contributed by atoms with Crippen LogP contribution in [-0.2, 0) is 17.6 Å². The number of aryl methyl sites for hydroxylation is 2. The maximum absolute atomic E-state index is 13.1. The third-order valence-electron chi connectivity index (χ3n) is 6.03. The Morgan fingerprint density at radius 3 is 2.59 bits per heavy atom. The number of rotatable bonds is 6. The molecule has 6 nitrogen and oxygen atoms in total. The maximum Gasteiger partial charge on any atom is 0.379 e. The van der Waals surface area contributed by atoms with E-state index in [1.54, 1.807) is 0 Å². The summed E-state index contributed by atoms with van der Waals surface area (Å²) >= 11 is 0. The fraction of sp³-hybridized carbons (Fsp3) is 0.321. The van der Waals surface area contributed by atoms with Crippen LogP contribution in [0.15, 0.2) is 58.0 Å². The van der Waals surface area contributed by atoms with Crippen molar-refractivity contribution in [3.8, 4) is 5.75 Å². The van der Waals surface area contributed by atoms with Crippen LogP contribution in [0, 0.1) is 13.8 Å². The normalized spacial score (nSPS) is 14.2. The fourth-order valence-corrected chi connectivity index (χ4v) is 4.28. The van der Waals surface area contributed by atoms with Gasteiger partial charge in [0.2, 0.25) is 11.7 Å². The molecular weight excluding hydrogens is 428 g/mol. The lowest BCUT2D eigenvalue weighted by atomic mass is 9.93. The first-order chi connectivity index (χ1) is 16.3. The van der Waals surface area contributed by atoms with E-state index in [1.165, 1.54) is 0 Å². The first kappa shape index (κ1) is 23.5. The van der Waals surface area contributed by atoms with E-state index >= 15 is 0 Å². The minimum Gasteiger partial charge on any atom is -0.453 e. The molecule has 34 heavy (non-hydrogen) atoms. The predicted molar refractivity (Wildman–Crippen MR) is 131 cm³/mol. The second-order valence-corrected chi connectivity index (χ2v) is 9.05. The smallest absolute Gasteiger partial charge is 0.379 e. The molecule has 0 atom stereocenters. The van der Waals surface area contributed by atoms with Gasteiger partial charge in [0.15, 0.2) is 0 Å². The largest absolute Gasteiger partial charge is 0.453 e. The molecule has 0 fully saturated rings. The van der Waals surface area contributed by atoms with Crippen LogP contribution in [0.3, 0.4) is 0 Å². The van der Waals surface area contributed by atoms with Gasteiger partial charge in [-0.3, -0.25) is 4.79 Å². The third kappa shape index (κ3) is 5.11. The summed E-state index contributed by atoms with van der Waals surface area (Å²) in [7, 11) is 0. The van der Waals surface area contributed by atoms with E-state index in [0.717, 1.165) is 34.4 Å². The molecule has 0 unspecified atom stereocenters. The van der Waals surface area contributed by atoms with Crippen molar-refractivity contribution in [2.24, 2.45) is 5.10 Å². The average molecular weight is 459 g/mol. The minimum atomic E-state index is -0.521. The Labute approximate surface area is 200 Å². The van der Waals surface area contributed by atoms with Gasteiger partial charge in [0, 0.05) is 17.5 Å². The average Bonchev–Trinajstić information content (AvgIpc) is 3.15. The van der Waals surface area contributed by atoms with E-state index in [9.17, 15) is 9.59 Å². The lowest BCUT2D eigenvalue weighted by Crippen LogP contribution is -2.23. The van der Waals surface area contributed by atoms with Crippen LogP contribution >= 0.6 is 0 Å². The number of furan rings is 1. The molecule has 1 aliphatic carbocycles. The summed E-state index contributed by atoms with van der Waals surface area (Å²) in [5, 5.41) is 4.39. The number of hydrazone groups is 1. The van der Waals surface area contributed by atoms with Gasteiger partial charge in [-0.1, -0.05) is 56.3 Å². The van der Waals surface area contributed by atoms with E-state index in [0.29, 0.717) is 29.9 Å². The van der Waals surface area contributed by atoms with Gasteiger partial charge in [-0.2, -0.15) is 5.10 Å². The number of hydrogen-bond donors (Lipinski definition) is 1. The lowest BCUT2D eigenvalue weighted by Gasteiger charge is -2.13. The number of nitrogens with zero attached hydrogens (tertiary/aromatic N) is 1. The molecule has 0 bridgehead atoms. The SMILES string of the molecule is Cc1ccc(C(C)C)c(OC(=O)c2oc3c(c2C)/C(=N/NC(=O)Cc2ccccc2)CCC3)c1. The Kier molecular flexibility index (Phi) is 6.96. The number of ether oxygens (including phenoxy) is 1. The molecule has 1 heterocycles. The van der Waals surface area contributed by atoms with Crippen molar-refractivity contribution in [2.45, 2.75) is 59.3 Å². The van der Waals surface area contributed by atoms with E-state index in [1.807, 2.05) is 62.4 Å². The number of fused-ring (bicyclic) bond motifs is 1. The van der Waals surface area contributed by atoms with Crippen molar-refractivity contribution in [1.29, 1.82) is 0 Å². The molecule has 3 aromatic rings. The monoisotopic (exact) mass is 458 g/mol. The summed E-state index contributed by atoms with van der Waals surface area (Å²) in [6.07, 6.45) is 2.49. The Morgan fingerprint density at radius 2 is 1.85 bits per heavy atom. The van der Waals surface area contributed by atoms with Crippen molar-refractivity contribution < 1.29 is 18.7 Å². The zero-order valence-corrected chi connectivity index (χ0v) is 20.1. The van der Waals surface area contributed by atoms with Crippen molar-refractivity contribution in [3.63, 3.8) is 0 Å². The lowest BCUT2D eigenvalue weighted by molar-refractivity contribution is -0.120. The molecule has 1 N–H and O–H groups in total. The van der Waals surface area contributed by atoms with E-state index in [2.05, 4.69) is 24.4 Å². The van der Waals surface area contributed by atoms with Crippen molar-refractivity contribution >= 4 is 17.6 Å². The molecule has 1 aliphatic rings. The van der Waals surface area contributed by atoms with Gasteiger partial charge in [0.05, 0.1) is 12.1 Å². The highest BCUT2D eigenvalue weighted by molar-refractivity contribution is 6.06. The molecule has 1 amide bonds. The zero-order chi connectivity index (χ0) is 24.2. The molecule has 0 saturated carbocycles. The van der Waals surface area contributed by atoms with Gasteiger partial charge in [0.25, 0.3) is 0 Å². The van der Waals surface area contributed by atoms with Crippen LogP contribution in [0.25, 0.3) is 0 Å². The van der Waals surface area contributed by atoms with Gasteiger partial charge in [-0.15, -0.1) is 0 Å². The molecular formula is C28H30N2O4. The van der Waals surface area contributed by atoms with Crippen LogP contribution in [-0.4, -0.2) is 17.6 Å². The van der Waals surface area contributed by atoms with E-state index in [4.69, 9.17) is 9.15 Å². The summed E-state index contributed by atoms with van der Waals surface area (Å²) in [5.74, 6) is 0.953. The number of hydrogen-bond acceptors (Lipinski definition) is 5. The number of carbonyl (C=O) groups is 2. The first-order valence-corrected chi connectivity index (χ1v) is 11.7. The summed E-state index contributed by atoms with van der Waals surface area (Å²) in [6, 6.07) is 15.4. The minimum absolute atomic E-state index is 0.187. The Bertz CT molecular complexity index is 1240. The van der Waals surface area contributed by atoms with Crippen LogP contribution in [0.5, 0.6) is 5.75 Å². The standard InChI is InChI=1S/C28H30N2O4/c1-17(2)21-14-13-18(3)15-24(21)34-28(32)27-19(4)26-22(11-8-12-23(26)33-27)29-30-25(31)16-20-9-6-5-7-10-20/h5-7,9-10,13-15,17H,8,11-12,16H2,1-4H3,(H,30,31)/b29-22+. The Morgan fingerprint density at radius 1 is 1.09 bits per heavy atom. The molecule has 0 saturated heterocycles. The topological polar surface area (TPSA) is 80.9 Å². The van der Waals surface area contributed by atoms with E-state index < -0.39 is 5.97 Å². The Balaban J connectivity index is 1.55. The van der Waals surface area contributed by atoms with Gasteiger partial charge in [-0.25, -0.2) is 10.2 Å². The molecule has 176 valence electrons. The van der Waals surface area contributed by atoms with Crippen LogP contribution in [0.1, 0.15) is 76.7 Å². The fourth-order valence-electron chi connectivity index (χ4n) is 4.28. The summed E-state index contributed by atoms with van der Waals surface area (Å²) in [5.41, 5.74) is 7.78. The van der Waals surface area contributed by atoms with Gasteiger partial charge in [-0.05, 0) is 55.4 Å². The quantitative estimate of drug-likeness (QED) is 0.295. The molecule has 6 heteroatoms. The zero-order valence-electron chi connectivity index (χ0n) is 20.1. The summed E-state index contributed by atoms with van der Waals surface area (Å²) in [6.45, 7) is 7.93. The van der Waals surface area contributed by atoms with Crippen LogP contribution in [0.2, 0.25) is 0 Å². The van der Waals surface area contributed by atoms with E-state index in [-0.39, 0.29) is 24.0 Å². The second-order valence-electron chi connectivity index (χ2n) is 9.05. The second kappa shape index (κ2) is 10.1. The molecule has 0 spiro atoms. The molecule has 1 aromatic heterocycles. The molecule has 4 rings (SSSR count). The maximum atomic E-state index is 13.1. The first-order valence-electron chi connectivity index (χ1n) is 11.7. The van der Waals surface area contributed by atoms with Gasteiger partial charge in [0.1, 0.15) is 11.5 Å². The highest BCUT2D eigenvalue weighted by Crippen LogP contribution is 2.32. The van der Waals surface area contributed by atoms with Crippen LogP contribution in [0.4, 0.5) is 0 Å². The highest BCUT2D eigenvalue weighted by Gasteiger charge is 2.29. The number of carbonyl (C=O) groups excluding carboxylic acids is 2. The number of esters is 1. The predicted octanol–water partition coefficient (Wildman–Crippen LogP) is 5.64. The van der Waals surface area contributed by atoms with Crippen molar-refractivity contribution in [2.75, 3.05) is 0 Å². The highest BCUT2D eigenvalue weighted by atomic mass is 16.5. The molecule has 2 aromatic carbocycles. The van der Waals surface area contributed by atoms with Crippen molar-refractivity contribution in [3.05, 3.63) is 87.9 Å². The number of benzene rings is 2. The molecule has 0 aliphatic heterocycles. The number of amides is 1. The van der Waals surface area contributed by atoms with Crippen molar-refractivity contribution in [1.82, 2.24) is 5.43 Å². The van der Waals surface area contributed by atoms with Gasteiger partial charge < -0.3 is 9.15 Å². The van der Waals surface area contributed by atoms with Gasteiger partial charge >= 0.3 is 5.97 Å². The third-order valence-corrected chi connectivity index (χ3v) is 6.03. The summed E-state index contributed by atoms with van der Waals surface area (Å²) in [4.78, 5) is 25.5. The number of nitrogens with one attached hydrogen (secondary N) is 1. The Hall–Kier alpha value is -3.67. The van der Waals surface area contributed by atoms with Crippen LogP contribution < -0.4 is 10.2 Å². The summed E-state index contributed by atoms with van der Waals surface area (Å²) < 4.78 is 11.8. The molecule has 0 radical (unpaired) electrons.